The van der Waals surface area contributed by atoms with Crippen molar-refractivity contribution in [3.63, 3.8) is 0 Å². The molecule has 0 aromatic heterocycles. The molecule has 0 aliphatic rings. The van der Waals surface area contributed by atoms with Crippen molar-refractivity contribution < 1.29 is 9.50 Å². The smallest absolute Gasteiger partial charge is 0.129 e. The van der Waals surface area contributed by atoms with Gasteiger partial charge in [0, 0.05) is 5.56 Å². The van der Waals surface area contributed by atoms with Crippen LogP contribution in [0.5, 0.6) is 0 Å². The third kappa shape index (κ3) is 1.89. The van der Waals surface area contributed by atoms with Crippen molar-refractivity contribution in [2.75, 3.05) is 0 Å². The number of rotatable bonds is 2. The molecule has 2 heteroatoms. The maximum Gasteiger partial charge on any atom is 0.129 e. The van der Waals surface area contributed by atoms with Crippen molar-refractivity contribution in [1.82, 2.24) is 0 Å². The van der Waals surface area contributed by atoms with Crippen LogP contribution in [0, 0.1) is 12.7 Å². The standard InChI is InChI=1S/C11H15FO/c1-7(2)11-8(3)4-5-10(12)9(11)6-13/h4-5,7,13H,6H2,1-3H3. The zero-order chi connectivity index (χ0) is 10.0. The lowest BCUT2D eigenvalue weighted by Gasteiger charge is -2.14. The van der Waals surface area contributed by atoms with Crippen LogP contribution < -0.4 is 0 Å². The molecule has 72 valence electrons. The van der Waals surface area contributed by atoms with E-state index < -0.39 is 0 Å². The second-order valence-electron chi connectivity index (χ2n) is 3.57. The lowest BCUT2D eigenvalue weighted by Crippen LogP contribution is -2.02. The zero-order valence-corrected chi connectivity index (χ0v) is 8.26. The van der Waals surface area contributed by atoms with Crippen LogP contribution in [0.25, 0.3) is 0 Å². The molecule has 0 saturated carbocycles. The molecule has 0 heterocycles. The zero-order valence-electron chi connectivity index (χ0n) is 8.26. The van der Waals surface area contributed by atoms with Crippen molar-refractivity contribution >= 4 is 0 Å². The summed E-state index contributed by atoms with van der Waals surface area (Å²) in [5.41, 5.74) is 2.41. The fourth-order valence-electron chi connectivity index (χ4n) is 1.72. The summed E-state index contributed by atoms with van der Waals surface area (Å²) in [5, 5.41) is 9.03. The molecule has 0 spiro atoms. The number of aliphatic hydroxyl groups is 1. The second kappa shape index (κ2) is 3.88. The number of aliphatic hydroxyl groups excluding tert-OH is 1. The van der Waals surface area contributed by atoms with E-state index in [0.29, 0.717) is 5.56 Å². The van der Waals surface area contributed by atoms with Gasteiger partial charge in [0.2, 0.25) is 0 Å². The van der Waals surface area contributed by atoms with Gasteiger partial charge in [-0.15, -0.1) is 0 Å². The van der Waals surface area contributed by atoms with E-state index in [2.05, 4.69) is 0 Å². The molecule has 0 bridgehead atoms. The molecule has 1 nitrogen and oxygen atoms in total. The molecule has 1 rings (SSSR count). The Kier molecular flexibility index (Phi) is 3.04. The largest absolute Gasteiger partial charge is 0.392 e. The highest BCUT2D eigenvalue weighted by atomic mass is 19.1. The average molecular weight is 182 g/mol. The highest BCUT2D eigenvalue weighted by Crippen LogP contribution is 2.25. The predicted molar refractivity (Wildman–Crippen MR) is 51.1 cm³/mol. The fourth-order valence-corrected chi connectivity index (χ4v) is 1.72. The van der Waals surface area contributed by atoms with Crippen LogP contribution in [0.2, 0.25) is 0 Å². The number of hydrogen-bond donors (Lipinski definition) is 1. The third-order valence-electron chi connectivity index (χ3n) is 2.25. The SMILES string of the molecule is Cc1ccc(F)c(CO)c1C(C)C. The molecule has 0 saturated heterocycles. The van der Waals surface area contributed by atoms with Crippen LogP contribution in [0.15, 0.2) is 12.1 Å². The normalized spacial score (nSPS) is 10.9. The van der Waals surface area contributed by atoms with E-state index in [1.807, 2.05) is 20.8 Å². The van der Waals surface area contributed by atoms with Gasteiger partial charge in [0.15, 0.2) is 0 Å². The summed E-state index contributed by atoms with van der Waals surface area (Å²) in [7, 11) is 0. The number of halogens is 1. The minimum Gasteiger partial charge on any atom is -0.392 e. The van der Waals surface area contributed by atoms with E-state index in [0.717, 1.165) is 11.1 Å². The first-order valence-electron chi connectivity index (χ1n) is 4.46. The van der Waals surface area contributed by atoms with E-state index in [1.165, 1.54) is 6.07 Å². The molecule has 0 aliphatic carbocycles. The van der Waals surface area contributed by atoms with Gasteiger partial charge in [0.1, 0.15) is 5.82 Å². The van der Waals surface area contributed by atoms with Crippen LogP contribution in [0.4, 0.5) is 4.39 Å². The number of aryl methyl sites for hydroxylation is 1. The van der Waals surface area contributed by atoms with Crippen molar-refractivity contribution in [2.45, 2.75) is 33.3 Å². The molecule has 0 unspecified atom stereocenters. The Morgan fingerprint density at radius 3 is 2.38 bits per heavy atom. The molecule has 0 fully saturated rings. The van der Waals surface area contributed by atoms with Gasteiger partial charge in [0.25, 0.3) is 0 Å². The number of hydrogen-bond acceptors (Lipinski definition) is 1. The van der Waals surface area contributed by atoms with E-state index in [1.54, 1.807) is 6.07 Å². The molecule has 0 aliphatic heterocycles. The summed E-state index contributed by atoms with van der Waals surface area (Å²) in [6, 6.07) is 3.16. The summed E-state index contributed by atoms with van der Waals surface area (Å²) in [5.74, 6) is -0.0605. The molecule has 1 N–H and O–H groups in total. The molecule has 0 amide bonds. The van der Waals surface area contributed by atoms with Gasteiger partial charge in [-0.2, -0.15) is 0 Å². The van der Waals surface area contributed by atoms with Crippen LogP contribution >= 0.6 is 0 Å². The van der Waals surface area contributed by atoms with Gasteiger partial charge in [-0.1, -0.05) is 19.9 Å². The van der Waals surface area contributed by atoms with Gasteiger partial charge in [-0.25, -0.2) is 4.39 Å². The molecule has 0 radical (unpaired) electrons. The van der Waals surface area contributed by atoms with Gasteiger partial charge in [0.05, 0.1) is 6.61 Å². The molecular weight excluding hydrogens is 167 g/mol. The van der Waals surface area contributed by atoms with Crippen molar-refractivity contribution in [2.24, 2.45) is 0 Å². The first kappa shape index (κ1) is 10.2. The molecule has 0 atom stereocenters. The van der Waals surface area contributed by atoms with Crippen LogP contribution in [-0.4, -0.2) is 5.11 Å². The second-order valence-corrected chi connectivity index (χ2v) is 3.57. The predicted octanol–water partition coefficient (Wildman–Crippen LogP) is 2.75. The lowest BCUT2D eigenvalue weighted by atomic mass is 9.92. The Hall–Kier alpha value is -0.890. The topological polar surface area (TPSA) is 20.2 Å². The molecular formula is C11H15FO. The van der Waals surface area contributed by atoms with Gasteiger partial charge >= 0.3 is 0 Å². The van der Waals surface area contributed by atoms with Crippen molar-refractivity contribution in [1.29, 1.82) is 0 Å². The van der Waals surface area contributed by atoms with E-state index >= 15 is 0 Å². The van der Waals surface area contributed by atoms with Gasteiger partial charge in [-0.3, -0.25) is 0 Å². The Labute approximate surface area is 78.2 Å². The van der Waals surface area contributed by atoms with E-state index in [4.69, 9.17) is 5.11 Å². The number of benzene rings is 1. The van der Waals surface area contributed by atoms with Crippen molar-refractivity contribution in [3.05, 3.63) is 34.6 Å². The Morgan fingerprint density at radius 2 is 2.00 bits per heavy atom. The van der Waals surface area contributed by atoms with Crippen molar-refractivity contribution in [3.8, 4) is 0 Å². The van der Waals surface area contributed by atoms with Gasteiger partial charge in [-0.05, 0) is 30.0 Å². The minimum absolute atomic E-state index is 0.221. The maximum absolute atomic E-state index is 13.2. The van der Waals surface area contributed by atoms with Gasteiger partial charge < -0.3 is 5.11 Å². The lowest BCUT2D eigenvalue weighted by molar-refractivity contribution is 0.273. The van der Waals surface area contributed by atoms with Crippen LogP contribution in [0.1, 0.15) is 36.5 Å². The summed E-state index contributed by atoms with van der Waals surface area (Å²) >= 11 is 0. The van der Waals surface area contributed by atoms with Crippen LogP contribution in [0.3, 0.4) is 0 Å². The third-order valence-corrected chi connectivity index (χ3v) is 2.25. The van der Waals surface area contributed by atoms with E-state index in [9.17, 15) is 4.39 Å². The summed E-state index contributed by atoms with van der Waals surface area (Å²) < 4.78 is 13.2. The Balaban J connectivity index is 3.35. The first-order valence-corrected chi connectivity index (χ1v) is 4.46. The first-order chi connectivity index (χ1) is 6.07. The Morgan fingerprint density at radius 1 is 1.38 bits per heavy atom. The summed E-state index contributed by atoms with van der Waals surface area (Å²) in [6.45, 7) is 5.72. The highest BCUT2D eigenvalue weighted by Gasteiger charge is 2.12. The fraction of sp³-hybridized carbons (Fsp3) is 0.455. The van der Waals surface area contributed by atoms with Crippen LogP contribution in [-0.2, 0) is 6.61 Å². The average Bonchev–Trinajstić information content (AvgIpc) is 2.07. The maximum atomic E-state index is 13.2. The minimum atomic E-state index is -0.309. The molecule has 13 heavy (non-hydrogen) atoms. The highest BCUT2D eigenvalue weighted by molar-refractivity contribution is 5.37. The monoisotopic (exact) mass is 182 g/mol. The molecule has 1 aromatic rings. The Bertz CT molecular complexity index is 305. The summed E-state index contributed by atoms with van der Waals surface area (Å²) in [4.78, 5) is 0. The molecule has 1 aromatic carbocycles. The summed E-state index contributed by atoms with van der Waals surface area (Å²) in [6.07, 6.45) is 0. The van der Waals surface area contributed by atoms with E-state index in [-0.39, 0.29) is 18.3 Å². The quantitative estimate of drug-likeness (QED) is 0.745.